The number of hydrogen-bond acceptors (Lipinski definition) is 4. The molecular weight excluding hydrogens is 262 g/mol. The lowest BCUT2D eigenvalue weighted by Crippen LogP contribution is -2.48. The van der Waals surface area contributed by atoms with Gasteiger partial charge in [-0.05, 0) is 17.7 Å². The molecule has 1 fully saturated rings. The molecule has 0 saturated carbocycles. The zero-order valence-electron chi connectivity index (χ0n) is 10.6. The van der Waals surface area contributed by atoms with Gasteiger partial charge in [0.15, 0.2) is 0 Å². The minimum absolute atomic E-state index is 0.154. The summed E-state index contributed by atoms with van der Waals surface area (Å²) in [5, 5.41) is 13.2. The molecule has 0 radical (unpaired) electrons. The summed E-state index contributed by atoms with van der Waals surface area (Å²) in [5.41, 5.74) is 8.71. The fourth-order valence-electron chi connectivity index (χ4n) is 2.02. The molecule has 1 N–H and O–H groups in total. The smallest absolute Gasteiger partial charge is 0.257 e. The van der Waals surface area contributed by atoms with Crippen LogP contribution in [0.4, 0.5) is 5.69 Å². The van der Waals surface area contributed by atoms with Gasteiger partial charge in [-0.1, -0.05) is 11.2 Å². The number of piperazine rings is 1. The summed E-state index contributed by atoms with van der Waals surface area (Å²) in [6, 6.07) is 4.14. The standard InChI is InChI=1S/C12H13N5O3/c13-15-14-9-1-2-10(11(19)7-9)12(20)17-5-3-16(8-18)4-6-17/h1-2,7-8,19H,3-6H2. The second-order valence-electron chi connectivity index (χ2n) is 4.32. The Morgan fingerprint density at radius 1 is 1.35 bits per heavy atom. The van der Waals surface area contributed by atoms with E-state index in [0.717, 1.165) is 6.41 Å². The van der Waals surface area contributed by atoms with E-state index in [1.54, 1.807) is 9.80 Å². The molecule has 1 aromatic carbocycles. The van der Waals surface area contributed by atoms with E-state index in [-0.39, 0.29) is 22.9 Å². The molecule has 8 heteroatoms. The normalized spacial score (nSPS) is 14.6. The fourth-order valence-corrected chi connectivity index (χ4v) is 2.02. The molecule has 1 heterocycles. The number of phenols is 1. The van der Waals surface area contributed by atoms with Crippen LogP contribution in [0.3, 0.4) is 0 Å². The lowest BCUT2D eigenvalue weighted by Gasteiger charge is -2.32. The molecule has 1 aliphatic rings. The Morgan fingerprint density at radius 3 is 2.60 bits per heavy atom. The predicted octanol–water partition coefficient (Wildman–Crippen LogP) is 1.25. The first-order valence-corrected chi connectivity index (χ1v) is 6.02. The molecule has 0 bridgehead atoms. The van der Waals surface area contributed by atoms with Gasteiger partial charge >= 0.3 is 0 Å². The third kappa shape index (κ3) is 2.81. The van der Waals surface area contributed by atoms with Crippen LogP contribution in [0.1, 0.15) is 10.4 Å². The number of carbonyl (C=O) groups excluding carboxylic acids is 2. The second kappa shape index (κ2) is 5.94. The lowest BCUT2D eigenvalue weighted by atomic mass is 10.1. The number of aromatic hydroxyl groups is 1. The first-order valence-electron chi connectivity index (χ1n) is 6.02. The van der Waals surface area contributed by atoms with E-state index in [9.17, 15) is 14.7 Å². The summed E-state index contributed by atoms with van der Waals surface area (Å²) in [4.78, 5) is 28.6. The summed E-state index contributed by atoms with van der Waals surface area (Å²) in [5.74, 6) is -0.529. The average Bonchev–Trinajstić information content (AvgIpc) is 2.47. The molecule has 1 saturated heterocycles. The molecular formula is C12H13N5O3. The molecule has 104 valence electrons. The van der Waals surface area contributed by atoms with Gasteiger partial charge in [-0.3, -0.25) is 9.59 Å². The minimum Gasteiger partial charge on any atom is -0.507 e. The van der Waals surface area contributed by atoms with Crippen LogP contribution in [0.15, 0.2) is 23.3 Å². The van der Waals surface area contributed by atoms with Gasteiger partial charge in [0.05, 0.1) is 5.56 Å². The van der Waals surface area contributed by atoms with Gasteiger partial charge < -0.3 is 14.9 Å². The predicted molar refractivity (Wildman–Crippen MR) is 70.5 cm³/mol. The van der Waals surface area contributed by atoms with Gasteiger partial charge in [-0.25, -0.2) is 0 Å². The summed E-state index contributed by atoms with van der Waals surface area (Å²) in [6.07, 6.45) is 0.758. The number of carbonyl (C=O) groups is 2. The van der Waals surface area contributed by atoms with E-state index < -0.39 is 0 Å². The zero-order valence-corrected chi connectivity index (χ0v) is 10.6. The topological polar surface area (TPSA) is 110 Å². The van der Waals surface area contributed by atoms with Crippen molar-refractivity contribution in [1.82, 2.24) is 9.80 Å². The number of amides is 2. The zero-order chi connectivity index (χ0) is 14.5. The number of nitrogens with zero attached hydrogens (tertiary/aromatic N) is 5. The maximum Gasteiger partial charge on any atom is 0.257 e. The van der Waals surface area contributed by atoms with E-state index in [4.69, 9.17) is 5.53 Å². The van der Waals surface area contributed by atoms with Gasteiger partial charge in [0, 0.05) is 36.8 Å². The maximum absolute atomic E-state index is 12.2. The van der Waals surface area contributed by atoms with Crippen LogP contribution >= 0.6 is 0 Å². The Hall–Kier alpha value is -2.73. The summed E-state index contributed by atoms with van der Waals surface area (Å²) >= 11 is 0. The van der Waals surface area contributed by atoms with Crippen LogP contribution in [0.2, 0.25) is 0 Å². The third-order valence-corrected chi connectivity index (χ3v) is 3.12. The van der Waals surface area contributed by atoms with Gasteiger partial charge in [-0.15, -0.1) is 0 Å². The highest BCUT2D eigenvalue weighted by Gasteiger charge is 2.23. The Bertz CT molecular complexity index is 574. The highest BCUT2D eigenvalue weighted by molar-refractivity contribution is 5.97. The van der Waals surface area contributed by atoms with Crippen molar-refractivity contribution in [2.75, 3.05) is 26.2 Å². The Balaban J connectivity index is 2.13. The molecule has 0 unspecified atom stereocenters. The van der Waals surface area contributed by atoms with Crippen molar-refractivity contribution in [2.24, 2.45) is 5.11 Å². The van der Waals surface area contributed by atoms with E-state index in [2.05, 4.69) is 10.0 Å². The van der Waals surface area contributed by atoms with E-state index in [0.29, 0.717) is 26.2 Å². The van der Waals surface area contributed by atoms with Crippen LogP contribution in [-0.2, 0) is 4.79 Å². The molecule has 1 aromatic rings. The molecule has 0 aromatic heterocycles. The van der Waals surface area contributed by atoms with Gasteiger partial charge in [0.25, 0.3) is 5.91 Å². The average molecular weight is 275 g/mol. The summed E-state index contributed by atoms with van der Waals surface area (Å²) < 4.78 is 0. The number of phenolic OH excluding ortho intramolecular Hbond substituents is 1. The second-order valence-corrected chi connectivity index (χ2v) is 4.32. The van der Waals surface area contributed by atoms with Gasteiger partial charge in [0.1, 0.15) is 5.75 Å². The lowest BCUT2D eigenvalue weighted by molar-refractivity contribution is -0.119. The van der Waals surface area contributed by atoms with E-state index in [1.807, 2.05) is 0 Å². The van der Waals surface area contributed by atoms with E-state index in [1.165, 1.54) is 18.2 Å². The number of hydrogen-bond donors (Lipinski definition) is 1. The first-order chi connectivity index (χ1) is 9.65. The molecule has 20 heavy (non-hydrogen) atoms. The van der Waals surface area contributed by atoms with Crippen molar-refractivity contribution >= 4 is 18.0 Å². The minimum atomic E-state index is -0.305. The van der Waals surface area contributed by atoms with Crippen LogP contribution < -0.4 is 0 Å². The van der Waals surface area contributed by atoms with E-state index >= 15 is 0 Å². The monoisotopic (exact) mass is 275 g/mol. The van der Waals surface area contributed by atoms with Crippen LogP contribution in [-0.4, -0.2) is 53.4 Å². The Labute approximate surface area is 114 Å². The summed E-state index contributed by atoms with van der Waals surface area (Å²) in [7, 11) is 0. The number of rotatable bonds is 3. The summed E-state index contributed by atoms with van der Waals surface area (Å²) in [6.45, 7) is 1.81. The molecule has 2 rings (SSSR count). The molecule has 0 spiro atoms. The van der Waals surface area contributed by atoms with Crippen molar-refractivity contribution in [3.05, 3.63) is 34.2 Å². The highest BCUT2D eigenvalue weighted by atomic mass is 16.3. The van der Waals surface area contributed by atoms with Crippen molar-refractivity contribution in [3.8, 4) is 5.75 Å². The Kier molecular flexibility index (Phi) is 4.07. The quantitative estimate of drug-likeness (QED) is 0.388. The van der Waals surface area contributed by atoms with Crippen molar-refractivity contribution in [3.63, 3.8) is 0 Å². The molecule has 8 nitrogen and oxygen atoms in total. The van der Waals surface area contributed by atoms with Crippen LogP contribution in [0.5, 0.6) is 5.75 Å². The molecule has 2 amide bonds. The van der Waals surface area contributed by atoms with Crippen molar-refractivity contribution in [1.29, 1.82) is 0 Å². The fraction of sp³-hybridized carbons (Fsp3) is 0.333. The molecule has 0 aliphatic carbocycles. The van der Waals surface area contributed by atoms with Gasteiger partial charge in [0.2, 0.25) is 6.41 Å². The number of azide groups is 1. The Morgan fingerprint density at radius 2 is 2.05 bits per heavy atom. The largest absolute Gasteiger partial charge is 0.507 e. The first kappa shape index (κ1) is 13.7. The highest BCUT2D eigenvalue weighted by Crippen LogP contribution is 2.25. The SMILES string of the molecule is [N-]=[N+]=Nc1ccc(C(=O)N2CCN(C=O)CC2)c(O)c1. The third-order valence-electron chi connectivity index (χ3n) is 3.12. The van der Waals surface area contributed by atoms with Crippen molar-refractivity contribution < 1.29 is 14.7 Å². The van der Waals surface area contributed by atoms with Crippen LogP contribution in [0, 0.1) is 0 Å². The van der Waals surface area contributed by atoms with Crippen LogP contribution in [0.25, 0.3) is 10.4 Å². The molecule has 1 aliphatic heterocycles. The van der Waals surface area contributed by atoms with Gasteiger partial charge in [-0.2, -0.15) is 0 Å². The molecule has 0 atom stereocenters. The number of benzene rings is 1. The maximum atomic E-state index is 12.2. The van der Waals surface area contributed by atoms with Crippen molar-refractivity contribution in [2.45, 2.75) is 0 Å².